The van der Waals surface area contributed by atoms with E-state index in [1.165, 1.54) is 0 Å². The van der Waals surface area contributed by atoms with E-state index in [-0.39, 0.29) is 0 Å². The molecule has 0 aliphatic carbocycles. The summed E-state index contributed by atoms with van der Waals surface area (Å²) in [5, 5.41) is 7.79. The summed E-state index contributed by atoms with van der Waals surface area (Å²) in [5.74, 6) is 0.532. The van der Waals surface area contributed by atoms with E-state index >= 15 is 0 Å². The molecule has 0 aliphatic rings. The first-order chi connectivity index (χ1) is 6.09. The number of nitrogens with two attached hydrogens (primary N) is 1. The SMILES string of the molecule is CC(C)CC(=N)c1ccc(N)cc1. The monoisotopic (exact) mass is 176 g/mol. The Morgan fingerprint density at radius 1 is 1.31 bits per heavy atom. The van der Waals surface area contributed by atoms with Crippen molar-refractivity contribution >= 4 is 11.4 Å². The molecule has 0 atom stereocenters. The van der Waals surface area contributed by atoms with Crippen molar-refractivity contribution in [1.82, 2.24) is 0 Å². The first-order valence-electron chi connectivity index (χ1n) is 4.53. The third kappa shape index (κ3) is 2.90. The molecule has 0 heterocycles. The lowest BCUT2D eigenvalue weighted by Gasteiger charge is -2.06. The molecule has 0 bridgehead atoms. The zero-order valence-corrected chi connectivity index (χ0v) is 8.17. The molecule has 0 aromatic heterocycles. The van der Waals surface area contributed by atoms with E-state index in [2.05, 4.69) is 13.8 Å². The minimum atomic E-state index is 0.532. The molecular formula is C11H16N2. The summed E-state index contributed by atoms with van der Waals surface area (Å²) >= 11 is 0. The van der Waals surface area contributed by atoms with Crippen molar-refractivity contribution in [3.05, 3.63) is 29.8 Å². The predicted molar refractivity (Wildman–Crippen MR) is 57.1 cm³/mol. The fourth-order valence-corrected chi connectivity index (χ4v) is 1.21. The molecule has 0 unspecified atom stereocenters. The van der Waals surface area contributed by atoms with Gasteiger partial charge in [0, 0.05) is 11.4 Å². The average Bonchev–Trinajstić information content (AvgIpc) is 2.04. The lowest BCUT2D eigenvalue weighted by molar-refractivity contribution is 0.682. The van der Waals surface area contributed by atoms with Crippen molar-refractivity contribution in [2.24, 2.45) is 5.92 Å². The minimum absolute atomic E-state index is 0.532. The fraction of sp³-hybridized carbons (Fsp3) is 0.364. The quantitative estimate of drug-likeness (QED) is 0.540. The highest BCUT2D eigenvalue weighted by atomic mass is 14.5. The Labute approximate surface area is 79.3 Å². The maximum absolute atomic E-state index is 7.79. The highest BCUT2D eigenvalue weighted by Gasteiger charge is 2.03. The van der Waals surface area contributed by atoms with Gasteiger partial charge in [0.1, 0.15) is 0 Å². The van der Waals surface area contributed by atoms with Crippen LogP contribution in [0.15, 0.2) is 24.3 Å². The smallest absolute Gasteiger partial charge is 0.0388 e. The van der Waals surface area contributed by atoms with Crippen LogP contribution in [0, 0.1) is 11.3 Å². The molecule has 0 saturated heterocycles. The van der Waals surface area contributed by atoms with Gasteiger partial charge in [0.15, 0.2) is 0 Å². The van der Waals surface area contributed by atoms with E-state index in [9.17, 15) is 0 Å². The van der Waals surface area contributed by atoms with Crippen LogP contribution in [0.2, 0.25) is 0 Å². The number of hydrogen-bond donors (Lipinski definition) is 2. The molecule has 70 valence electrons. The minimum Gasteiger partial charge on any atom is -0.399 e. The van der Waals surface area contributed by atoms with Crippen LogP contribution >= 0.6 is 0 Å². The summed E-state index contributed by atoms with van der Waals surface area (Å²) in [6, 6.07) is 7.48. The predicted octanol–water partition coefficient (Wildman–Crippen LogP) is 2.68. The molecule has 13 heavy (non-hydrogen) atoms. The summed E-state index contributed by atoms with van der Waals surface area (Å²) in [6.45, 7) is 4.23. The Balaban J connectivity index is 2.72. The molecule has 2 nitrogen and oxygen atoms in total. The third-order valence-corrected chi connectivity index (χ3v) is 1.87. The number of nitrogen functional groups attached to an aromatic ring is 1. The van der Waals surface area contributed by atoms with Crippen molar-refractivity contribution in [3.8, 4) is 0 Å². The number of benzene rings is 1. The first kappa shape index (κ1) is 9.78. The topological polar surface area (TPSA) is 49.9 Å². The van der Waals surface area contributed by atoms with Gasteiger partial charge in [0.2, 0.25) is 0 Å². The van der Waals surface area contributed by atoms with Gasteiger partial charge in [0.05, 0.1) is 0 Å². The molecule has 1 rings (SSSR count). The van der Waals surface area contributed by atoms with Gasteiger partial charge >= 0.3 is 0 Å². The molecular weight excluding hydrogens is 160 g/mol. The van der Waals surface area contributed by atoms with Gasteiger partial charge in [0.25, 0.3) is 0 Å². The maximum atomic E-state index is 7.79. The molecule has 0 radical (unpaired) electrons. The van der Waals surface area contributed by atoms with Crippen LogP contribution in [0.5, 0.6) is 0 Å². The molecule has 0 amide bonds. The van der Waals surface area contributed by atoms with Crippen LogP contribution in [-0.4, -0.2) is 5.71 Å². The summed E-state index contributed by atoms with van der Waals surface area (Å²) < 4.78 is 0. The van der Waals surface area contributed by atoms with Crippen LogP contribution < -0.4 is 5.73 Å². The Morgan fingerprint density at radius 2 is 1.85 bits per heavy atom. The molecule has 3 N–H and O–H groups in total. The standard InChI is InChI=1S/C11H16N2/c1-8(2)7-11(13)9-3-5-10(12)6-4-9/h3-6,8,13H,7,12H2,1-2H3. The lowest BCUT2D eigenvalue weighted by Crippen LogP contribution is -2.03. The van der Waals surface area contributed by atoms with Crippen molar-refractivity contribution < 1.29 is 0 Å². The second kappa shape index (κ2) is 4.08. The van der Waals surface area contributed by atoms with Crippen LogP contribution in [0.3, 0.4) is 0 Å². The van der Waals surface area contributed by atoms with Gasteiger partial charge in [-0.25, -0.2) is 0 Å². The van der Waals surface area contributed by atoms with Gasteiger partial charge in [-0.05, 0) is 30.0 Å². The molecule has 0 aliphatic heterocycles. The van der Waals surface area contributed by atoms with Crippen LogP contribution in [0.4, 0.5) is 5.69 Å². The van der Waals surface area contributed by atoms with Crippen LogP contribution in [-0.2, 0) is 0 Å². The largest absolute Gasteiger partial charge is 0.399 e. The molecule has 0 fully saturated rings. The number of hydrogen-bond acceptors (Lipinski definition) is 2. The molecule has 0 saturated carbocycles. The zero-order chi connectivity index (χ0) is 9.84. The van der Waals surface area contributed by atoms with Gasteiger partial charge in [-0.15, -0.1) is 0 Å². The van der Waals surface area contributed by atoms with E-state index in [0.717, 1.165) is 17.7 Å². The van der Waals surface area contributed by atoms with Crippen molar-refractivity contribution in [1.29, 1.82) is 5.41 Å². The maximum Gasteiger partial charge on any atom is 0.0388 e. The first-order valence-corrected chi connectivity index (χ1v) is 4.53. The van der Waals surface area contributed by atoms with Crippen LogP contribution in [0.1, 0.15) is 25.8 Å². The van der Waals surface area contributed by atoms with Crippen LogP contribution in [0.25, 0.3) is 0 Å². The molecule has 2 heteroatoms. The van der Waals surface area contributed by atoms with Gasteiger partial charge in [-0.2, -0.15) is 0 Å². The molecule has 0 spiro atoms. The second-order valence-electron chi connectivity index (χ2n) is 3.70. The average molecular weight is 176 g/mol. The van der Waals surface area contributed by atoms with E-state index in [4.69, 9.17) is 11.1 Å². The van der Waals surface area contributed by atoms with E-state index in [1.807, 2.05) is 24.3 Å². The third-order valence-electron chi connectivity index (χ3n) is 1.87. The van der Waals surface area contributed by atoms with E-state index in [0.29, 0.717) is 11.6 Å². The van der Waals surface area contributed by atoms with Crippen molar-refractivity contribution in [2.75, 3.05) is 5.73 Å². The van der Waals surface area contributed by atoms with Gasteiger partial charge in [-0.3, -0.25) is 0 Å². The van der Waals surface area contributed by atoms with Crippen molar-refractivity contribution in [2.45, 2.75) is 20.3 Å². The Kier molecular flexibility index (Phi) is 3.07. The van der Waals surface area contributed by atoms with E-state index in [1.54, 1.807) is 0 Å². The summed E-state index contributed by atoms with van der Waals surface area (Å²) in [5.41, 5.74) is 7.97. The highest BCUT2D eigenvalue weighted by Crippen LogP contribution is 2.11. The number of rotatable bonds is 3. The summed E-state index contributed by atoms with van der Waals surface area (Å²) in [7, 11) is 0. The normalized spacial score (nSPS) is 10.4. The Morgan fingerprint density at radius 3 is 2.31 bits per heavy atom. The van der Waals surface area contributed by atoms with Crippen molar-refractivity contribution in [3.63, 3.8) is 0 Å². The Bertz CT molecular complexity index is 285. The second-order valence-corrected chi connectivity index (χ2v) is 3.70. The summed E-state index contributed by atoms with van der Waals surface area (Å²) in [6.07, 6.45) is 0.823. The molecule has 1 aromatic rings. The molecule has 1 aromatic carbocycles. The highest BCUT2D eigenvalue weighted by molar-refractivity contribution is 5.98. The summed E-state index contributed by atoms with van der Waals surface area (Å²) in [4.78, 5) is 0. The van der Waals surface area contributed by atoms with Gasteiger partial charge in [-0.1, -0.05) is 26.0 Å². The zero-order valence-electron chi connectivity index (χ0n) is 8.17. The number of nitrogens with one attached hydrogen (secondary N) is 1. The fourth-order valence-electron chi connectivity index (χ4n) is 1.21. The lowest BCUT2D eigenvalue weighted by atomic mass is 10.0. The number of anilines is 1. The van der Waals surface area contributed by atoms with Gasteiger partial charge < -0.3 is 11.1 Å². The Hall–Kier alpha value is -1.31. The van der Waals surface area contributed by atoms with E-state index < -0.39 is 0 Å².